The Kier molecular flexibility index (Phi) is 4.99. The quantitative estimate of drug-likeness (QED) is 0.633. The summed E-state index contributed by atoms with van der Waals surface area (Å²) in [4.78, 5) is 14.8. The summed E-state index contributed by atoms with van der Waals surface area (Å²) in [6.45, 7) is 8.71. The molecule has 3 aromatic rings. The fourth-order valence-electron chi connectivity index (χ4n) is 3.73. The number of rotatable bonds is 4. The molecule has 1 N–H and O–H groups in total. The van der Waals surface area contributed by atoms with Gasteiger partial charge in [-0.05, 0) is 35.1 Å². The summed E-state index contributed by atoms with van der Waals surface area (Å²) >= 11 is 3.00. The number of hydrogen-bond acceptors (Lipinski definition) is 8. The molecule has 4 heterocycles. The van der Waals surface area contributed by atoms with Crippen LogP contribution in [0.4, 0.5) is 11.6 Å². The van der Waals surface area contributed by atoms with Gasteiger partial charge in [0.15, 0.2) is 11.5 Å². The van der Waals surface area contributed by atoms with Crippen LogP contribution in [0, 0.1) is 0 Å². The van der Waals surface area contributed by atoms with Crippen LogP contribution < -0.4 is 24.7 Å². The molecule has 2 aromatic heterocycles. The summed E-state index contributed by atoms with van der Waals surface area (Å²) in [5.41, 5.74) is 3.64. The van der Waals surface area contributed by atoms with Crippen LogP contribution >= 0.6 is 23.3 Å². The third kappa shape index (κ3) is 3.41. The zero-order valence-electron chi connectivity index (χ0n) is 15.8. The SMILES string of the molecule is C=CSN1CCOc2ccc(-c3csc4c(=O)cc(N5CCNCC5)oc34)cc21. The van der Waals surface area contributed by atoms with Crippen molar-refractivity contribution in [1.82, 2.24) is 5.32 Å². The second-order valence-corrected chi connectivity index (χ2v) is 8.76. The van der Waals surface area contributed by atoms with Gasteiger partial charge in [0.05, 0.1) is 12.2 Å². The van der Waals surface area contributed by atoms with Crippen molar-refractivity contribution in [2.75, 3.05) is 48.5 Å². The van der Waals surface area contributed by atoms with Gasteiger partial charge in [0.25, 0.3) is 0 Å². The Hall–Kier alpha value is -2.42. The first-order chi connectivity index (χ1) is 14.2. The lowest BCUT2D eigenvalue weighted by Gasteiger charge is -2.29. The molecule has 8 heteroatoms. The molecule has 0 saturated carbocycles. The molecule has 150 valence electrons. The Morgan fingerprint density at radius 1 is 1.21 bits per heavy atom. The first-order valence-electron chi connectivity index (χ1n) is 9.58. The van der Waals surface area contributed by atoms with Crippen LogP contribution in [0.1, 0.15) is 0 Å². The molecule has 6 nitrogen and oxygen atoms in total. The Morgan fingerprint density at radius 2 is 2.07 bits per heavy atom. The van der Waals surface area contributed by atoms with E-state index in [1.54, 1.807) is 18.0 Å². The number of benzene rings is 1. The van der Waals surface area contributed by atoms with Crippen molar-refractivity contribution in [3.8, 4) is 16.9 Å². The van der Waals surface area contributed by atoms with E-state index < -0.39 is 0 Å². The maximum absolute atomic E-state index is 12.7. The van der Waals surface area contributed by atoms with Crippen molar-refractivity contribution < 1.29 is 9.15 Å². The van der Waals surface area contributed by atoms with Crippen LogP contribution in [-0.4, -0.2) is 39.3 Å². The van der Waals surface area contributed by atoms with Crippen LogP contribution in [-0.2, 0) is 0 Å². The summed E-state index contributed by atoms with van der Waals surface area (Å²) in [5, 5.41) is 7.15. The first-order valence-corrected chi connectivity index (χ1v) is 11.3. The van der Waals surface area contributed by atoms with E-state index in [0.717, 1.165) is 55.3 Å². The standard InChI is InChI=1S/C21H21N3O3S2/c1-2-29-24-9-10-26-18-4-3-14(11-16(18)24)15-13-28-21-17(25)12-19(27-20(15)21)23-7-5-22-6-8-23/h2-4,11-13,22H,1,5-10H2. The minimum atomic E-state index is 0.0150. The van der Waals surface area contributed by atoms with E-state index >= 15 is 0 Å². The normalized spacial score (nSPS) is 16.6. The van der Waals surface area contributed by atoms with Gasteiger partial charge in [-0.3, -0.25) is 4.79 Å². The van der Waals surface area contributed by atoms with Gasteiger partial charge < -0.3 is 23.7 Å². The van der Waals surface area contributed by atoms with Crippen molar-refractivity contribution in [2.24, 2.45) is 0 Å². The molecule has 2 aliphatic rings. The van der Waals surface area contributed by atoms with Crippen molar-refractivity contribution in [3.05, 3.63) is 51.9 Å². The predicted molar refractivity (Wildman–Crippen MR) is 122 cm³/mol. The Labute approximate surface area is 176 Å². The summed E-state index contributed by atoms with van der Waals surface area (Å²) in [6, 6.07) is 7.74. The molecule has 1 saturated heterocycles. The Balaban J connectivity index is 1.60. The molecule has 2 aliphatic heterocycles. The maximum Gasteiger partial charge on any atom is 0.204 e. The van der Waals surface area contributed by atoms with Crippen molar-refractivity contribution in [3.63, 3.8) is 0 Å². The van der Waals surface area contributed by atoms with E-state index in [4.69, 9.17) is 9.15 Å². The van der Waals surface area contributed by atoms with Crippen molar-refractivity contribution in [2.45, 2.75) is 0 Å². The highest BCUT2D eigenvalue weighted by atomic mass is 32.2. The smallest absolute Gasteiger partial charge is 0.204 e. The van der Waals surface area contributed by atoms with Crippen LogP contribution in [0.25, 0.3) is 21.4 Å². The van der Waals surface area contributed by atoms with Crippen molar-refractivity contribution in [1.29, 1.82) is 0 Å². The summed E-state index contributed by atoms with van der Waals surface area (Å²) in [7, 11) is 0. The number of hydrogen-bond donors (Lipinski definition) is 1. The molecule has 0 spiro atoms. The number of nitrogens with zero attached hydrogens (tertiary/aromatic N) is 2. The van der Waals surface area contributed by atoms with Crippen LogP contribution in [0.3, 0.4) is 0 Å². The summed E-state index contributed by atoms with van der Waals surface area (Å²) < 4.78 is 14.9. The van der Waals surface area contributed by atoms with E-state index in [0.29, 0.717) is 22.8 Å². The second kappa shape index (κ2) is 7.78. The fourth-order valence-corrected chi connectivity index (χ4v) is 5.26. The molecular formula is C21H21N3O3S2. The number of ether oxygens (including phenoxy) is 1. The van der Waals surface area contributed by atoms with Crippen LogP contribution in [0.15, 0.2) is 50.8 Å². The highest BCUT2D eigenvalue weighted by Crippen LogP contribution is 2.41. The van der Waals surface area contributed by atoms with E-state index in [1.807, 2.05) is 22.9 Å². The third-order valence-electron chi connectivity index (χ3n) is 5.15. The van der Waals surface area contributed by atoms with Crippen LogP contribution in [0.2, 0.25) is 0 Å². The molecule has 0 atom stereocenters. The Morgan fingerprint density at radius 3 is 2.90 bits per heavy atom. The van der Waals surface area contributed by atoms with E-state index in [1.165, 1.54) is 11.3 Å². The van der Waals surface area contributed by atoms with Gasteiger partial charge in [0.1, 0.15) is 17.1 Å². The first kappa shape index (κ1) is 18.6. The topological polar surface area (TPSA) is 58.0 Å². The lowest BCUT2D eigenvalue weighted by molar-refractivity contribution is 0.318. The molecule has 0 radical (unpaired) electrons. The minimum Gasteiger partial charge on any atom is -0.489 e. The van der Waals surface area contributed by atoms with Gasteiger partial charge >= 0.3 is 0 Å². The number of nitrogens with one attached hydrogen (secondary N) is 1. The molecule has 0 aliphatic carbocycles. The van der Waals surface area contributed by atoms with E-state index in [2.05, 4.69) is 27.2 Å². The summed E-state index contributed by atoms with van der Waals surface area (Å²) in [5.74, 6) is 1.51. The average Bonchev–Trinajstić information content (AvgIpc) is 3.19. The molecule has 0 unspecified atom stereocenters. The highest BCUT2D eigenvalue weighted by Gasteiger charge is 2.22. The minimum absolute atomic E-state index is 0.0150. The van der Waals surface area contributed by atoms with Crippen LogP contribution in [0.5, 0.6) is 5.75 Å². The van der Waals surface area contributed by atoms with Crippen molar-refractivity contribution >= 4 is 45.1 Å². The van der Waals surface area contributed by atoms with Gasteiger partial charge in [-0.2, -0.15) is 0 Å². The van der Waals surface area contributed by atoms with Gasteiger partial charge in [-0.1, -0.05) is 12.6 Å². The Bertz CT molecular complexity index is 1120. The molecule has 1 aromatic carbocycles. The lowest BCUT2D eigenvalue weighted by atomic mass is 10.1. The lowest BCUT2D eigenvalue weighted by Crippen LogP contribution is -2.43. The molecule has 0 amide bonds. The number of anilines is 2. The van der Waals surface area contributed by atoms with E-state index in [-0.39, 0.29) is 5.43 Å². The number of fused-ring (bicyclic) bond motifs is 2. The zero-order chi connectivity index (χ0) is 19.8. The molecule has 5 rings (SSSR count). The van der Waals surface area contributed by atoms with Gasteiger partial charge in [0.2, 0.25) is 5.43 Å². The molecule has 29 heavy (non-hydrogen) atoms. The second-order valence-electron chi connectivity index (χ2n) is 6.90. The predicted octanol–water partition coefficient (Wildman–Crippen LogP) is 3.92. The van der Waals surface area contributed by atoms with Gasteiger partial charge in [-0.25, -0.2) is 0 Å². The number of piperazine rings is 1. The maximum atomic E-state index is 12.7. The molecule has 1 fully saturated rings. The van der Waals surface area contributed by atoms with Gasteiger partial charge in [-0.15, -0.1) is 11.3 Å². The molecule has 0 bridgehead atoms. The largest absolute Gasteiger partial charge is 0.489 e. The zero-order valence-corrected chi connectivity index (χ0v) is 17.5. The number of thiophene rings is 1. The fraction of sp³-hybridized carbons (Fsp3) is 0.286. The van der Waals surface area contributed by atoms with Gasteiger partial charge in [0, 0.05) is 43.2 Å². The monoisotopic (exact) mass is 427 g/mol. The highest BCUT2D eigenvalue weighted by molar-refractivity contribution is 8.03. The molecular weight excluding hydrogens is 406 g/mol. The third-order valence-corrected chi connectivity index (χ3v) is 6.91. The summed E-state index contributed by atoms with van der Waals surface area (Å²) in [6.07, 6.45) is 0. The van der Waals surface area contributed by atoms with E-state index in [9.17, 15) is 4.79 Å². The average molecular weight is 428 g/mol.